The molecule has 0 aromatic rings. The molecule has 1 fully saturated rings. The van der Waals surface area contributed by atoms with Gasteiger partial charge in [0.1, 0.15) is 0 Å². The molecule has 0 amide bonds. The lowest BCUT2D eigenvalue weighted by Crippen LogP contribution is -2.36. The number of hydrogen-bond donors (Lipinski definition) is 1. The van der Waals surface area contributed by atoms with Crippen LogP contribution >= 0.6 is 11.8 Å². The van der Waals surface area contributed by atoms with Gasteiger partial charge in [0.05, 0.1) is 13.0 Å². The summed E-state index contributed by atoms with van der Waals surface area (Å²) in [5, 5.41) is 3.55. The van der Waals surface area contributed by atoms with Crippen molar-refractivity contribution in [3.63, 3.8) is 0 Å². The highest BCUT2D eigenvalue weighted by Crippen LogP contribution is 2.25. The van der Waals surface area contributed by atoms with Crippen LogP contribution in [0.5, 0.6) is 0 Å². The molecule has 17 heavy (non-hydrogen) atoms. The van der Waals surface area contributed by atoms with Gasteiger partial charge in [0, 0.05) is 24.1 Å². The number of methoxy groups -OCH3 is 1. The fourth-order valence-corrected chi connectivity index (χ4v) is 2.80. The molecule has 0 atom stereocenters. The van der Waals surface area contributed by atoms with Gasteiger partial charge in [-0.25, -0.2) is 0 Å². The summed E-state index contributed by atoms with van der Waals surface area (Å²) in [6.07, 6.45) is 6.04. The van der Waals surface area contributed by atoms with E-state index in [0.717, 1.165) is 43.7 Å². The molecular weight excluding hydrogens is 234 g/mol. The van der Waals surface area contributed by atoms with Gasteiger partial charge in [-0.05, 0) is 25.7 Å². The van der Waals surface area contributed by atoms with Crippen molar-refractivity contribution in [3.05, 3.63) is 12.7 Å². The summed E-state index contributed by atoms with van der Waals surface area (Å²) in [6, 6.07) is 0.584. The average Bonchev–Trinajstić information content (AvgIpc) is 2.38. The highest BCUT2D eigenvalue weighted by atomic mass is 32.2. The molecule has 0 radical (unpaired) electrons. The largest absolute Gasteiger partial charge is 0.469 e. The fourth-order valence-electron chi connectivity index (χ4n) is 2.20. The topological polar surface area (TPSA) is 38.3 Å². The van der Waals surface area contributed by atoms with Gasteiger partial charge in [-0.15, -0.1) is 6.58 Å². The summed E-state index contributed by atoms with van der Waals surface area (Å²) < 4.78 is 4.78. The van der Waals surface area contributed by atoms with E-state index in [4.69, 9.17) is 4.74 Å². The summed E-state index contributed by atoms with van der Waals surface area (Å²) in [6.45, 7) is 4.74. The summed E-state index contributed by atoms with van der Waals surface area (Å²) in [4.78, 5) is 11.4. The molecule has 1 rings (SSSR count). The maximum absolute atomic E-state index is 11.4. The van der Waals surface area contributed by atoms with E-state index in [0.29, 0.717) is 6.04 Å². The lowest BCUT2D eigenvalue weighted by Gasteiger charge is -2.27. The van der Waals surface area contributed by atoms with Crippen molar-refractivity contribution in [3.8, 4) is 0 Å². The van der Waals surface area contributed by atoms with Crippen molar-refractivity contribution in [2.45, 2.75) is 31.7 Å². The number of esters is 1. The molecule has 0 heterocycles. The van der Waals surface area contributed by atoms with Gasteiger partial charge in [-0.2, -0.15) is 11.8 Å². The molecule has 1 aliphatic rings. The van der Waals surface area contributed by atoms with Crippen molar-refractivity contribution in [2.24, 2.45) is 5.92 Å². The second-order valence-electron chi connectivity index (χ2n) is 4.39. The minimum absolute atomic E-state index is 0.0370. The Hall–Kier alpha value is -0.480. The number of hydrogen-bond acceptors (Lipinski definition) is 4. The molecule has 0 spiro atoms. The first-order chi connectivity index (χ1) is 8.27. The van der Waals surface area contributed by atoms with E-state index in [-0.39, 0.29) is 11.9 Å². The number of carbonyl (C=O) groups excluding carboxylic acids is 1. The van der Waals surface area contributed by atoms with Crippen molar-refractivity contribution in [2.75, 3.05) is 25.2 Å². The van der Waals surface area contributed by atoms with Crippen molar-refractivity contribution < 1.29 is 9.53 Å². The van der Waals surface area contributed by atoms with Crippen LogP contribution in [0.1, 0.15) is 25.7 Å². The van der Waals surface area contributed by atoms with E-state index in [1.54, 1.807) is 0 Å². The van der Waals surface area contributed by atoms with Crippen LogP contribution in [0, 0.1) is 5.92 Å². The Labute approximate surface area is 108 Å². The van der Waals surface area contributed by atoms with Gasteiger partial charge in [0.15, 0.2) is 0 Å². The zero-order valence-corrected chi connectivity index (χ0v) is 11.4. The van der Waals surface area contributed by atoms with Gasteiger partial charge in [-0.1, -0.05) is 6.08 Å². The number of rotatable bonds is 7. The molecule has 4 heteroatoms. The Morgan fingerprint density at radius 1 is 1.47 bits per heavy atom. The predicted octanol–water partition coefficient (Wildman–Crippen LogP) is 2.23. The monoisotopic (exact) mass is 257 g/mol. The lowest BCUT2D eigenvalue weighted by molar-refractivity contribution is -0.146. The van der Waals surface area contributed by atoms with Crippen LogP contribution in [0.3, 0.4) is 0 Å². The molecule has 0 saturated heterocycles. The normalized spacial score (nSPS) is 24.3. The number of carbonyl (C=O) groups is 1. The summed E-state index contributed by atoms with van der Waals surface area (Å²) in [5.41, 5.74) is 0. The maximum atomic E-state index is 11.4. The van der Waals surface area contributed by atoms with Gasteiger partial charge >= 0.3 is 5.97 Å². The smallest absolute Gasteiger partial charge is 0.308 e. The van der Waals surface area contributed by atoms with Crippen molar-refractivity contribution in [1.29, 1.82) is 0 Å². The Kier molecular flexibility index (Phi) is 7.37. The van der Waals surface area contributed by atoms with Gasteiger partial charge in [-0.3, -0.25) is 4.79 Å². The third-order valence-electron chi connectivity index (χ3n) is 3.18. The van der Waals surface area contributed by atoms with Crippen LogP contribution in [0.25, 0.3) is 0 Å². The molecular formula is C13H23NO2S. The highest BCUT2D eigenvalue weighted by molar-refractivity contribution is 7.99. The Morgan fingerprint density at radius 3 is 2.76 bits per heavy atom. The first-order valence-electron chi connectivity index (χ1n) is 6.27. The second-order valence-corrected chi connectivity index (χ2v) is 5.54. The molecule has 1 N–H and O–H groups in total. The average molecular weight is 257 g/mol. The maximum Gasteiger partial charge on any atom is 0.308 e. The summed E-state index contributed by atoms with van der Waals surface area (Å²) >= 11 is 1.90. The van der Waals surface area contributed by atoms with Gasteiger partial charge in [0.25, 0.3) is 0 Å². The summed E-state index contributed by atoms with van der Waals surface area (Å²) in [7, 11) is 1.48. The Morgan fingerprint density at radius 2 is 2.18 bits per heavy atom. The quantitative estimate of drug-likeness (QED) is 0.431. The van der Waals surface area contributed by atoms with Crippen LogP contribution in [0.2, 0.25) is 0 Å². The number of thioether (sulfide) groups is 1. The molecule has 0 aliphatic heterocycles. The number of ether oxygens (including phenoxy) is 1. The van der Waals surface area contributed by atoms with E-state index < -0.39 is 0 Å². The van der Waals surface area contributed by atoms with E-state index in [1.807, 2.05) is 17.8 Å². The SMILES string of the molecule is C=CCSCCNC1CCC(C(=O)OC)CC1. The standard InChI is InChI=1S/C13H23NO2S/c1-3-9-17-10-8-14-12-6-4-11(5-7-12)13(15)16-2/h3,11-12,14H,1,4-10H2,2H3. The number of nitrogens with one attached hydrogen (secondary N) is 1. The van der Waals surface area contributed by atoms with Crippen LogP contribution in [0.15, 0.2) is 12.7 Å². The highest BCUT2D eigenvalue weighted by Gasteiger charge is 2.26. The van der Waals surface area contributed by atoms with Crippen LogP contribution in [-0.4, -0.2) is 37.2 Å². The molecule has 0 aromatic heterocycles. The Bertz CT molecular complexity index is 238. The second kappa shape index (κ2) is 8.59. The first-order valence-corrected chi connectivity index (χ1v) is 7.43. The summed E-state index contributed by atoms with van der Waals surface area (Å²) in [5.74, 6) is 2.25. The first kappa shape index (κ1) is 14.6. The zero-order valence-electron chi connectivity index (χ0n) is 10.6. The van der Waals surface area contributed by atoms with E-state index >= 15 is 0 Å². The third-order valence-corrected chi connectivity index (χ3v) is 4.14. The molecule has 0 bridgehead atoms. The molecule has 0 unspecified atom stereocenters. The third kappa shape index (κ3) is 5.59. The van der Waals surface area contributed by atoms with Crippen LogP contribution in [-0.2, 0) is 9.53 Å². The van der Waals surface area contributed by atoms with Crippen LogP contribution in [0.4, 0.5) is 0 Å². The predicted molar refractivity (Wildman–Crippen MR) is 73.3 cm³/mol. The molecule has 1 saturated carbocycles. The van der Waals surface area contributed by atoms with Crippen molar-refractivity contribution in [1.82, 2.24) is 5.32 Å². The van der Waals surface area contributed by atoms with Crippen LogP contribution < -0.4 is 5.32 Å². The molecule has 1 aliphatic carbocycles. The van der Waals surface area contributed by atoms with Crippen molar-refractivity contribution >= 4 is 17.7 Å². The molecule has 98 valence electrons. The van der Waals surface area contributed by atoms with E-state index in [1.165, 1.54) is 7.11 Å². The minimum Gasteiger partial charge on any atom is -0.469 e. The van der Waals surface area contributed by atoms with E-state index in [9.17, 15) is 4.79 Å². The Balaban J connectivity index is 2.06. The zero-order chi connectivity index (χ0) is 12.5. The van der Waals surface area contributed by atoms with Gasteiger partial charge < -0.3 is 10.1 Å². The minimum atomic E-state index is -0.0370. The molecule has 0 aromatic carbocycles. The van der Waals surface area contributed by atoms with E-state index in [2.05, 4.69) is 11.9 Å². The lowest BCUT2D eigenvalue weighted by atomic mass is 9.86. The fraction of sp³-hybridized carbons (Fsp3) is 0.769. The molecule has 3 nitrogen and oxygen atoms in total. The van der Waals surface area contributed by atoms with Gasteiger partial charge in [0.2, 0.25) is 0 Å².